The lowest BCUT2D eigenvalue weighted by Gasteiger charge is -2.37. The standard InChI is InChI=1S/C10H17N3O3/c1-4-9(11-13(15)16)12-6-5-8(14)10(2,3)7-12/h4-7H2,1-3H3/b11-9-. The summed E-state index contributed by atoms with van der Waals surface area (Å²) in [6.07, 6.45) is 0.939. The second-order valence-electron chi connectivity index (χ2n) is 4.59. The fourth-order valence-corrected chi connectivity index (χ4v) is 1.89. The van der Waals surface area contributed by atoms with Crippen LogP contribution in [-0.4, -0.2) is 34.6 Å². The Hall–Kier alpha value is -1.46. The SMILES string of the molecule is CC/C(=N/[N+](=O)[O-])N1CCC(=O)C(C)(C)C1. The van der Waals surface area contributed by atoms with Crippen molar-refractivity contribution in [2.45, 2.75) is 33.6 Å². The number of nitrogens with zero attached hydrogens (tertiary/aromatic N) is 3. The Balaban J connectivity index is 2.82. The maximum atomic E-state index is 11.6. The summed E-state index contributed by atoms with van der Waals surface area (Å²) in [5.41, 5.74) is -0.440. The molecule has 6 nitrogen and oxygen atoms in total. The molecular weight excluding hydrogens is 210 g/mol. The van der Waals surface area contributed by atoms with Crippen LogP contribution in [0.4, 0.5) is 0 Å². The fourth-order valence-electron chi connectivity index (χ4n) is 1.89. The van der Waals surface area contributed by atoms with Gasteiger partial charge in [0.15, 0.2) is 10.9 Å². The molecule has 0 unspecified atom stereocenters. The first-order valence-corrected chi connectivity index (χ1v) is 5.37. The Morgan fingerprint density at radius 3 is 2.69 bits per heavy atom. The quantitative estimate of drug-likeness (QED) is 0.308. The second kappa shape index (κ2) is 4.59. The summed E-state index contributed by atoms with van der Waals surface area (Å²) in [7, 11) is 0. The zero-order chi connectivity index (χ0) is 12.3. The largest absolute Gasteiger partial charge is 0.354 e. The molecule has 1 rings (SSSR count). The highest BCUT2D eigenvalue weighted by Gasteiger charge is 2.35. The lowest BCUT2D eigenvalue weighted by atomic mass is 9.82. The van der Waals surface area contributed by atoms with Crippen LogP contribution in [0.1, 0.15) is 33.6 Å². The average Bonchev–Trinajstić information content (AvgIpc) is 2.18. The number of hydrogen-bond acceptors (Lipinski definition) is 3. The van der Waals surface area contributed by atoms with Crippen molar-refractivity contribution in [1.82, 2.24) is 4.90 Å². The molecule has 0 bridgehead atoms. The molecule has 90 valence electrons. The van der Waals surface area contributed by atoms with E-state index in [4.69, 9.17) is 0 Å². The van der Waals surface area contributed by atoms with Gasteiger partial charge in [-0.15, -0.1) is 0 Å². The van der Waals surface area contributed by atoms with E-state index in [2.05, 4.69) is 5.10 Å². The number of likely N-dealkylation sites (tertiary alicyclic amines) is 1. The Labute approximate surface area is 94.5 Å². The summed E-state index contributed by atoms with van der Waals surface area (Å²) in [6, 6.07) is 0. The van der Waals surface area contributed by atoms with Gasteiger partial charge in [-0.25, -0.2) is 10.1 Å². The number of rotatable bonds is 2. The van der Waals surface area contributed by atoms with Gasteiger partial charge >= 0.3 is 0 Å². The third kappa shape index (κ3) is 2.77. The average molecular weight is 227 g/mol. The number of nitro groups is 1. The summed E-state index contributed by atoms with van der Waals surface area (Å²) in [5.74, 6) is 0.658. The molecule has 0 saturated carbocycles. The number of amidine groups is 1. The summed E-state index contributed by atoms with van der Waals surface area (Å²) in [6.45, 7) is 6.59. The molecule has 1 saturated heterocycles. The van der Waals surface area contributed by atoms with Crippen molar-refractivity contribution >= 4 is 11.6 Å². The molecule has 1 aliphatic heterocycles. The predicted molar refractivity (Wildman–Crippen MR) is 59.7 cm³/mol. The van der Waals surface area contributed by atoms with Gasteiger partial charge in [-0.3, -0.25) is 4.79 Å². The topological polar surface area (TPSA) is 75.8 Å². The molecule has 0 radical (unpaired) electrons. The predicted octanol–water partition coefficient (Wildman–Crippen LogP) is 1.29. The van der Waals surface area contributed by atoms with Crippen molar-refractivity contribution < 1.29 is 9.83 Å². The van der Waals surface area contributed by atoms with E-state index in [-0.39, 0.29) is 5.78 Å². The molecule has 0 aromatic rings. The minimum Gasteiger partial charge on any atom is -0.354 e. The molecule has 16 heavy (non-hydrogen) atoms. The summed E-state index contributed by atoms with van der Waals surface area (Å²) in [5, 5.41) is 13.0. The van der Waals surface area contributed by atoms with Crippen LogP contribution in [0.3, 0.4) is 0 Å². The van der Waals surface area contributed by atoms with Gasteiger partial charge in [-0.1, -0.05) is 20.8 Å². The van der Waals surface area contributed by atoms with Crippen molar-refractivity contribution in [3.8, 4) is 0 Å². The van der Waals surface area contributed by atoms with Crippen LogP contribution in [0.5, 0.6) is 0 Å². The molecule has 6 heteroatoms. The van der Waals surface area contributed by atoms with Gasteiger partial charge < -0.3 is 4.90 Å². The second-order valence-corrected chi connectivity index (χ2v) is 4.59. The first-order valence-electron chi connectivity index (χ1n) is 5.37. The van der Waals surface area contributed by atoms with Crippen LogP contribution in [0.25, 0.3) is 0 Å². The van der Waals surface area contributed by atoms with Crippen LogP contribution in [-0.2, 0) is 4.79 Å². The molecule has 0 aliphatic carbocycles. The van der Waals surface area contributed by atoms with E-state index >= 15 is 0 Å². The monoisotopic (exact) mass is 227 g/mol. The molecule has 0 aromatic carbocycles. The van der Waals surface area contributed by atoms with Gasteiger partial charge in [0, 0.05) is 31.3 Å². The Morgan fingerprint density at radius 2 is 2.25 bits per heavy atom. The molecule has 1 fully saturated rings. The van der Waals surface area contributed by atoms with Crippen LogP contribution < -0.4 is 0 Å². The normalized spacial score (nSPS) is 21.1. The van der Waals surface area contributed by atoms with E-state index in [1.165, 1.54) is 0 Å². The molecule has 0 atom stereocenters. The summed E-state index contributed by atoms with van der Waals surface area (Å²) >= 11 is 0. The number of Topliss-reactive ketones (excluding diaryl/α,β-unsaturated/α-hetero) is 1. The van der Waals surface area contributed by atoms with Gasteiger partial charge in [0.2, 0.25) is 0 Å². The number of carbonyl (C=O) groups is 1. The number of hydrogen-bond donors (Lipinski definition) is 0. The van der Waals surface area contributed by atoms with Gasteiger partial charge in [0.05, 0.1) is 5.10 Å². The van der Waals surface area contributed by atoms with Crippen LogP contribution in [0.2, 0.25) is 0 Å². The first-order chi connectivity index (χ1) is 7.36. The van der Waals surface area contributed by atoms with E-state index in [0.717, 1.165) is 0 Å². The van der Waals surface area contributed by atoms with Crippen molar-refractivity contribution in [1.29, 1.82) is 0 Å². The zero-order valence-corrected chi connectivity index (χ0v) is 9.89. The van der Waals surface area contributed by atoms with Crippen LogP contribution in [0, 0.1) is 15.5 Å². The van der Waals surface area contributed by atoms with Gasteiger partial charge in [-0.05, 0) is 0 Å². The lowest BCUT2D eigenvalue weighted by Crippen LogP contribution is -2.48. The summed E-state index contributed by atoms with van der Waals surface area (Å²) in [4.78, 5) is 23.8. The molecular formula is C10H17N3O3. The van der Waals surface area contributed by atoms with Crippen LogP contribution >= 0.6 is 0 Å². The molecule has 0 N–H and O–H groups in total. The zero-order valence-electron chi connectivity index (χ0n) is 9.89. The smallest absolute Gasteiger partial charge is 0.192 e. The van der Waals surface area contributed by atoms with Crippen LogP contribution in [0.15, 0.2) is 5.10 Å². The number of piperidine rings is 1. The van der Waals surface area contributed by atoms with E-state index in [1.807, 2.05) is 25.7 Å². The Kier molecular flexibility index (Phi) is 3.62. The third-order valence-corrected chi connectivity index (χ3v) is 2.83. The van der Waals surface area contributed by atoms with E-state index in [1.54, 1.807) is 0 Å². The molecule has 0 aromatic heterocycles. The van der Waals surface area contributed by atoms with Crippen molar-refractivity contribution in [3.05, 3.63) is 10.1 Å². The highest BCUT2D eigenvalue weighted by atomic mass is 16.7. The highest BCUT2D eigenvalue weighted by molar-refractivity contribution is 5.89. The maximum absolute atomic E-state index is 11.6. The Bertz CT molecular complexity index is 336. The number of hydrazone groups is 1. The van der Waals surface area contributed by atoms with Crippen molar-refractivity contribution in [2.24, 2.45) is 10.5 Å². The lowest BCUT2D eigenvalue weighted by molar-refractivity contribution is -0.485. The highest BCUT2D eigenvalue weighted by Crippen LogP contribution is 2.25. The van der Waals surface area contributed by atoms with Crippen molar-refractivity contribution in [3.63, 3.8) is 0 Å². The summed E-state index contributed by atoms with van der Waals surface area (Å²) < 4.78 is 0. The van der Waals surface area contributed by atoms with E-state index < -0.39 is 10.4 Å². The minimum absolute atomic E-state index is 0.209. The molecule has 1 heterocycles. The fraction of sp³-hybridized carbons (Fsp3) is 0.800. The van der Waals surface area contributed by atoms with Gasteiger partial charge in [0.1, 0.15) is 5.78 Å². The van der Waals surface area contributed by atoms with Gasteiger partial charge in [0.25, 0.3) is 0 Å². The third-order valence-electron chi connectivity index (χ3n) is 2.83. The molecule has 0 amide bonds. The Morgan fingerprint density at radius 1 is 1.62 bits per heavy atom. The maximum Gasteiger partial charge on any atom is 0.192 e. The number of ketones is 1. The van der Waals surface area contributed by atoms with E-state index in [9.17, 15) is 14.9 Å². The van der Waals surface area contributed by atoms with Crippen molar-refractivity contribution in [2.75, 3.05) is 13.1 Å². The minimum atomic E-state index is -0.678. The number of carbonyl (C=O) groups excluding carboxylic acids is 1. The molecule has 1 aliphatic rings. The first kappa shape index (κ1) is 12.6. The van der Waals surface area contributed by atoms with E-state index in [0.29, 0.717) is 31.8 Å². The molecule has 0 spiro atoms. The van der Waals surface area contributed by atoms with Gasteiger partial charge in [-0.2, -0.15) is 0 Å².